The van der Waals surface area contributed by atoms with Gasteiger partial charge in [-0.25, -0.2) is 0 Å². The van der Waals surface area contributed by atoms with Gasteiger partial charge in [0.1, 0.15) is 0 Å². The Kier molecular flexibility index (Phi) is 2.79. The summed E-state index contributed by atoms with van der Waals surface area (Å²) >= 11 is 0. The monoisotopic (exact) mass is 234 g/mol. The summed E-state index contributed by atoms with van der Waals surface area (Å²) < 4.78 is 0. The molecule has 1 unspecified atom stereocenters. The number of hydrogen-bond donors (Lipinski definition) is 0. The summed E-state index contributed by atoms with van der Waals surface area (Å²) in [5.41, 5.74) is 1.47. The standard InChI is InChI=1S/C18H18/c1-3-13(2)15-9-6-10-17-16-8-5-4-7-14(16)11-12-18(15)17/h4-13H,3H2,1-2H3. The number of rotatable bonds is 2. The maximum absolute atomic E-state index is 2.31. The molecule has 3 aromatic carbocycles. The van der Waals surface area contributed by atoms with Gasteiger partial charge in [-0.1, -0.05) is 68.4 Å². The maximum atomic E-state index is 2.31. The van der Waals surface area contributed by atoms with Crippen molar-refractivity contribution in [2.24, 2.45) is 0 Å². The van der Waals surface area contributed by atoms with Crippen molar-refractivity contribution in [2.75, 3.05) is 0 Å². The van der Waals surface area contributed by atoms with Crippen molar-refractivity contribution in [2.45, 2.75) is 26.2 Å². The van der Waals surface area contributed by atoms with Crippen molar-refractivity contribution in [3.63, 3.8) is 0 Å². The van der Waals surface area contributed by atoms with Crippen LogP contribution in [0.2, 0.25) is 0 Å². The van der Waals surface area contributed by atoms with Crippen LogP contribution in [0.15, 0.2) is 54.6 Å². The molecule has 0 fully saturated rings. The highest BCUT2D eigenvalue weighted by Gasteiger charge is 2.08. The van der Waals surface area contributed by atoms with Gasteiger partial charge in [-0.2, -0.15) is 0 Å². The molecule has 0 saturated carbocycles. The van der Waals surface area contributed by atoms with E-state index in [1.165, 1.54) is 33.5 Å². The van der Waals surface area contributed by atoms with Gasteiger partial charge in [0.25, 0.3) is 0 Å². The smallest absolute Gasteiger partial charge is 0.0103 e. The summed E-state index contributed by atoms with van der Waals surface area (Å²) in [6.07, 6.45) is 1.19. The molecule has 0 spiro atoms. The van der Waals surface area contributed by atoms with E-state index in [9.17, 15) is 0 Å². The minimum atomic E-state index is 0.620. The van der Waals surface area contributed by atoms with Crippen LogP contribution >= 0.6 is 0 Å². The van der Waals surface area contributed by atoms with E-state index in [-0.39, 0.29) is 0 Å². The molecule has 0 radical (unpaired) electrons. The van der Waals surface area contributed by atoms with Crippen molar-refractivity contribution in [1.29, 1.82) is 0 Å². The molecule has 18 heavy (non-hydrogen) atoms. The van der Waals surface area contributed by atoms with Gasteiger partial charge in [-0.15, -0.1) is 0 Å². The summed E-state index contributed by atoms with van der Waals surface area (Å²) in [5, 5.41) is 5.47. The number of fused-ring (bicyclic) bond motifs is 3. The SMILES string of the molecule is CCC(C)c1cccc2c1ccc1ccccc12. The fourth-order valence-corrected chi connectivity index (χ4v) is 2.71. The first-order valence-corrected chi connectivity index (χ1v) is 6.71. The van der Waals surface area contributed by atoms with Gasteiger partial charge < -0.3 is 0 Å². The van der Waals surface area contributed by atoms with Crippen LogP contribution in [0.5, 0.6) is 0 Å². The molecule has 0 N–H and O–H groups in total. The Bertz CT molecular complexity index is 695. The Morgan fingerprint density at radius 3 is 2.39 bits per heavy atom. The third-order valence-corrected chi connectivity index (χ3v) is 3.96. The molecule has 0 heterocycles. The Labute approximate surface area is 108 Å². The van der Waals surface area contributed by atoms with E-state index in [0.29, 0.717) is 5.92 Å². The van der Waals surface area contributed by atoms with E-state index in [1.54, 1.807) is 0 Å². The molecule has 0 aliphatic carbocycles. The van der Waals surface area contributed by atoms with E-state index in [0.717, 1.165) is 0 Å². The molecule has 3 rings (SSSR count). The first-order valence-electron chi connectivity index (χ1n) is 6.71. The lowest BCUT2D eigenvalue weighted by Gasteiger charge is -2.13. The molecular weight excluding hydrogens is 216 g/mol. The summed E-state index contributed by atoms with van der Waals surface area (Å²) in [4.78, 5) is 0. The van der Waals surface area contributed by atoms with Crippen LogP contribution in [-0.4, -0.2) is 0 Å². The van der Waals surface area contributed by atoms with E-state index in [1.807, 2.05) is 0 Å². The van der Waals surface area contributed by atoms with Crippen molar-refractivity contribution >= 4 is 21.5 Å². The average Bonchev–Trinajstić information content (AvgIpc) is 2.45. The highest BCUT2D eigenvalue weighted by molar-refractivity contribution is 6.08. The molecule has 0 aromatic heterocycles. The Morgan fingerprint density at radius 1 is 0.778 bits per heavy atom. The fraction of sp³-hybridized carbons (Fsp3) is 0.222. The Hall–Kier alpha value is -1.82. The second-order valence-electron chi connectivity index (χ2n) is 5.04. The van der Waals surface area contributed by atoms with Crippen LogP contribution in [0.3, 0.4) is 0 Å². The van der Waals surface area contributed by atoms with Crippen molar-refractivity contribution < 1.29 is 0 Å². The van der Waals surface area contributed by atoms with Crippen LogP contribution in [0, 0.1) is 0 Å². The Morgan fingerprint density at radius 2 is 1.56 bits per heavy atom. The largest absolute Gasteiger partial charge is 0.0648 e. The summed E-state index contributed by atoms with van der Waals surface area (Å²) in [5.74, 6) is 0.620. The normalized spacial score (nSPS) is 13.0. The zero-order valence-corrected chi connectivity index (χ0v) is 11.0. The predicted molar refractivity (Wildman–Crippen MR) is 80.2 cm³/mol. The van der Waals surface area contributed by atoms with Gasteiger partial charge in [0.15, 0.2) is 0 Å². The molecule has 1 atom stereocenters. The predicted octanol–water partition coefficient (Wildman–Crippen LogP) is 5.51. The van der Waals surface area contributed by atoms with Crippen LogP contribution in [0.1, 0.15) is 31.7 Å². The molecule has 0 aliphatic rings. The van der Waals surface area contributed by atoms with E-state index in [2.05, 4.69) is 68.4 Å². The van der Waals surface area contributed by atoms with E-state index >= 15 is 0 Å². The molecule has 3 aromatic rings. The highest BCUT2D eigenvalue weighted by atomic mass is 14.1. The van der Waals surface area contributed by atoms with Crippen LogP contribution < -0.4 is 0 Å². The van der Waals surface area contributed by atoms with Gasteiger partial charge in [0.05, 0.1) is 0 Å². The van der Waals surface area contributed by atoms with E-state index in [4.69, 9.17) is 0 Å². The molecule has 0 aliphatic heterocycles. The lowest BCUT2D eigenvalue weighted by Crippen LogP contribution is -1.92. The fourth-order valence-electron chi connectivity index (χ4n) is 2.71. The molecule has 0 heteroatoms. The highest BCUT2D eigenvalue weighted by Crippen LogP contribution is 2.31. The van der Waals surface area contributed by atoms with Crippen LogP contribution in [-0.2, 0) is 0 Å². The van der Waals surface area contributed by atoms with Gasteiger partial charge in [0, 0.05) is 0 Å². The minimum Gasteiger partial charge on any atom is -0.0648 e. The molecule has 0 saturated heterocycles. The van der Waals surface area contributed by atoms with Crippen molar-refractivity contribution in [3.8, 4) is 0 Å². The van der Waals surface area contributed by atoms with Gasteiger partial charge in [-0.3, -0.25) is 0 Å². The molecule has 0 bridgehead atoms. The molecule has 0 nitrogen and oxygen atoms in total. The lowest BCUT2D eigenvalue weighted by atomic mass is 9.91. The van der Waals surface area contributed by atoms with Crippen molar-refractivity contribution in [1.82, 2.24) is 0 Å². The zero-order valence-electron chi connectivity index (χ0n) is 11.0. The van der Waals surface area contributed by atoms with Crippen LogP contribution in [0.4, 0.5) is 0 Å². The van der Waals surface area contributed by atoms with Crippen LogP contribution in [0.25, 0.3) is 21.5 Å². The first kappa shape index (κ1) is 11.3. The summed E-state index contributed by atoms with van der Waals surface area (Å²) in [6, 6.07) is 19.8. The Balaban J connectivity index is 2.40. The molecule has 0 amide bonds. The third-order valence-electron chi connectivity index (χ3n) is 3.96. The zero-order chi connectivity index (χ0) is 12.5. The number of benzene rings is 3. The van der Waals surface area contributed by atoms with Gasteiger partial charge >= 0.3 is 0 Å². The second kappa shape index (κ2) is 4.45. The third kappa shape index (κ3) is 1.69. The molecule has 90 valence electrons. The quantitative estimate of drug-likeness (QED) is 0.513. The average molecular weight is 234 g/mol. The summed E-state index contributed by atoms with van der Waals surface area (Å²) in [7, 11) is 0. The van der Waals surface area contributed by atoms with Crippen molar-refractivity contribution in [3.05, 3.63) is 60.2 Å². The second-order valence-corrected chi connectivity index (χ2v) is 5.04. The van der Waals surface area contributed by atoms with Gasteiger partial charge in [0.2, 0.25) is 0 Å². The summed E-state index contributed by atoms with van der Waals surface area (Å²) in [6.45, 7) is 4.56. The first-order chi connectivity index (χ1) is 8.81. The topological polar surface area (TPSA) is 0 Å². The minimum absolute atomic E-state index is 0.620. The maximum Gasteiger partial charge on any atom is -0.0103 e. The lowest BCUT2D eigenvalue weighted by molar-refractivity contribution is 0.740. The number of hydrogen-bond acceptors (Lipinski definition) is 0. The van der Waals surface area contributed by atoms with Gasteiger partial charge in [-0.05, 0) is 39.4 Å². The van der Waals surface area contributed by atoms with E-state index < -0.39 is 0 Å². The molecular formula is C18H18.